The molecule has 0 aromatic carbocycles. The van der Waals surface area contributed by atoms with Crippen molar-refractivity contribution < 1.29 is 4.74 Å². The third kappa shape index (κ3) is 3.39. The van der Waals surface area contributed by atoms with Crippen molar-refractivity contribution in [1.29, 1.82) is 0 Å². The molecule has 0 aromatic rings. The second-order valence-corrected chi connectivity index (χ2v) is 4.78. The van der Waals surface area contributed by atoms with Crippen LogP contribution in [0.2, 0.25) is 0 Å². The monoisotopic (exact) mass is 171 g/mol. The van der Waals surface area contributed by atoms with E-state index in [4.69, 9.17) is 4.74 Å². The first-order valence-corrected chi connectivity index (χ1v) is 5.93. The Morgan fingerprint density at radius 3 is 2.55 bits per heavy atom. The molecule has 0 spiro atoms. The molecule has 11 heavy (non-hydrogen) atoms. The normalized spacial score (nSPS) is 23.7. The van der Waals surface area contributed by atoms with E-state index in [9.17, 15) is 0 Å². The summed E-state index contributed by atoms with van der Waals surface area (Å²) in [7, 11) is 1.14. The average molecular weight is 171 g/mol. The van der Waals surface area contributed by atoms with Gasteiger partial charge in [0.25, 0.3) is 0 Å². The van der Waals surface area contributed by atoms with Gasteiger partial charge in [-0.3, -0.25) is 0 Å². The van der Waals surface area contributed by atoms with Crippen LogP contribution in [-0.4, -0.2) is 22.1 Å². The van der Waals surface area contributed by atoms with Crippen LogP contribution in [0, 0.1) is 6.92 Å². The van der Waals surface area contributed by atoms with Crippen LogP contribution < -0.4 is 0 Å². The van der Waals surface area contributed by atoms with Crippen molar-refractivity contribution in [1.82, 2.24) is 0 Å². The molecule has 1 radical (unpaired) electrons. The van der Waals surface area contributed by atoms with Gasteiger partial charge in [0.05, 0.1) is 6.10 Å². The summed E-state index contributed by atoms with van der Waals surface area (Å²) in [6, 6.07) is 0. The van der Waals surface area contributed by atoms with Gasteiger partial charge < -0.3 is 4.74 Å². The van der Waals surface area contributed by atoms with Gasteiger partial charge in [-0.05, 0) is 19.3 Å². The van der Waals surface area contributed by atoms with E-state index >= 15 is 0 Å². The highest BCUT2D eigenvalue weighted by Gasteiger charge is 2.15. The fraction of sp³-hybridized carbons (Fsp3) is 0.889. The van der Waals surface area contributed by atoms with Crippen LogP contribution in [-0.2, 0) is 4.74 Å². The molecule has 1 atom stereocenters. The molecule has 0 amide bonds. The second-order valence-electron chi connectivity index (χ2n) is 3.50. The van der Waals surface area contributed by atoms with E-state index in [-0.39, 0.29) is 0 Å². The van der Waals surface area contributed by atoms with Gasteiger partial charge in [-0.1, -0.05) is 26.2 Å². The molecule has 0 aromatic heterocycles. The second kappa shape index (κ2) is 4.94. The summed E-state index contributed by atoms with van der Waals surface area (Å²) < 4.78 is 5.84. The Balaban J connectivity index is 2.13. The zero-order valence-electron chi connectivity index (χ0n) is 7.51. The van der Waals surface area contributed by atoms with Crippen molar-refractivity contribution in [2.24, 2.45) is 0 Å². The van der Waals surface area contributed by atoms with E-state index in [0.717, 1.165) is 16.7 Å². The predicted molar refractivity (Wildman–Crippen MR) is 51.7 cm³/mol. The third-order valence-electron chi connectivity index (χ3n) is 2.38. The van der Waals surface area contributed by atoms with E-state index in [0.29, 0.717) is 11.8 Å². The molecular formula is C9H19OSi. The molecule has 0 aliphatic heterocycles. The van der Waals surface area contributed by atoms with Crippen LogP contribution >= 0.6 is 0 Å². The van der Waals surface area contributed by atoms with Crippen LogP contribution in [0.25, 0.3) is 0 Å². The van der Waals surface area contributed by atoms with Crippen LogP contribution in [0.15, 0.2) is 0 Å². The minimum Gasteiger partial charge on any atom is -0.379 e. The lowest BCUT2D eigenvalue weighted by molar-refractivity contribution is 0.00957. The first-order valence-electron chi connectivity index (χ1n) is 4.77. The van der Waals surface area contributed by atoms with Crippen molar-refractivity contribution in [3.8, 4) is 0 Å². The Morgan fingerprint density at radius 2 is 2.00 bits per heavy atom. The van der Waals surface area contributed by atoms with Crippen LogP contribution in [0.4, 0.5) is 0 Å². The van der Waals surface area contributed by atoms with E-state index in [2.05, 4.69) is 6.92 Å². The standard InChI is InChI=1S/C9H19OSi/c1-2-9(11)10-8-6-4-3-5-7-8/h8-9H,1-7H2,11H3. The van der Waals surface area contributed by atoms with Crippen molar-refractivity contribution in [2.75, 3.05) is 0 Å². The van der Waals surface area contributed by atoms with Gasteiger partial charge >= 0.3 is 0 Å². The van der Waals surface area contributed by atoms with Crippen LogP contribution in [0.3, 0.4) is 0 Å². The lowest BCUT2D eigenvalue weighted by Crippen LogP contribution is -2.23. The maximum Gasteiger partial charge on any atom is 0.0574 e. The van der Waals surface area contributed by atoms with E-state index in [1.54, 1.807) is 0 Å². The van der Waals surface area contributed by atoms with Gasteiger partial charge in [0.1, 0.15) is 0 Å². The summed E-state index contributed by atoms with van der Waals surface area (Å²) in [4.78, 5) is 0. The van der Waals surface area contributed by atoms with Gasteiger partial charge in [0, 0.05) is 16.0 Å². The molecule has 0 N–H and O–H groups in total. The first kappa shape index (κ1) is 9.27. The fourth-order valence-electron chi connectivity index (χ4n) is 1.60. The summed E-state index contributed by atoms with van der Waals surface area (Å²) in [5.74, 6) is 0. The predicted octanol–water partition coefficient (Wildman–Crippen LogP) is 1.25. The zero-order valence-corrected chi connectivity index (χ0v) is 9.51. The van der Waals surface area contributed by atoms with Crippen molar-refractivity contribution in [3.63, 3.8) is 0 Å². The SMILES string of the molecule is [CH2]CC([SiH3])OC1CCCCC1. The molecule has 1 aliphatic rings. The van der Waals surface area contributed by atoms with Gasteiger partial charge in [-0.15, -0.1) is 0 Å². The average Bonchev–Trinajstić information content (AvgIpc) is 2.06. The number of ether oxygens (including phenoxy) is 1. The highest BCUT2D eigenvalue weighted by molar-refractivity contribution is 6.11. The Morgan fingerprint density at radius 1 is 1.36 bits per heavy atom. The van der Waals surface area contributed by atoms with Gasteiger partial charge in [0.15, 0.2) is 0 Å². The van der Waals surface area contributed by atoms with Crippen molar-refractivity contribution in [3.05, 3.63) is 6.92 Å². The molecule has 0 bridgehead atoms. The van der Waals surface area contributed by atoms with E-state index in [1.807, 2.05) is 0 Å². The summed E-state index contributed by atoms with van der Waals surface area (Å²) in [6.45, 7) is 3.86. The number of hydrogen-bond acceptors (Lipinski definition) is 1. The fourth-order valence-corrected chi connectivity index (χ4v) is 1.98. The highest BCUT2D eigenvalue weighted by atomic mass is 28.1. The summed E-state index contributed by atoms with van der Waals surface area (Å²) in [6.07, 6.45) is 8.27. The van der Waals surface area contributed by atoms with Gasteiger partial charge in [-0.2, -0.15) is 0 Å². The van der Waals surface area contributed by atoms with Gasteiger partial charge in [-0.25, -0.2) is 0 Å². The number of hydrogen-bond donors (Lipinski definition) is 0. The Kier molecular flexibility index (Phi) is 4.16. The Bertz CT molecular complexity index is 99.7. The molecule has 2 heteroatoms. The molecule has 1 unspecified atom stereocenters. The molecule has 1 saturated carbocycles. The lowest BCUT2D eigenvalue weighted by Gasteiger charge is -2.25. The molecular weight excluding hydrogens is 152 g/mol. The lowest BCUT2D eigenvalue weighted by atomic mass is 9.98. The number of rotatable bonds is 3. The Hall–Kier alpha value is 0.177. The summed E-state index contributed by atoms with van der Waals surface area (Å²) in [5.41, 5.74) is 0.498. The van der Waals surface area contributed by atoms with Crippen molar-refractivity contribution >= 4 is 10.2 Å². The molecule has 0 heterocycles. The molecule has 0 saturated heterocycles. The molecule has 1 fully saturated rings. The maximum absolute atomic E-state index is 5.84. The highest BCUT2D eigenvalue weighted by Crippen LogP contribution is 2.21. The van der Waals surface area contributed by atoms with E-state index < -0.39 is 0 Å². The molecule has 1 aliphatic carbocycles. The minimum atomic E-state index is 0.498. The van der Waals surface area contributed by atoms with Crippen LogP contribution in [0.5, 0.6) is 0 Å². The zero-order chi connectivity index (χ0) is 8.10. The smallest absolute Gasteiger partial charge is 0.0574 e. The largest absolute Gasteiger partial charge is 0.379 e. The molecule has 65 valence electrons. The third-order valence-corrected chi connectivity index (χ3v) is 3.23. The topological polar surface area (TPSA) is 9.23 Å². The molecule has 1 rings (SSSR count). The minimum absolute atomic E-state index is 0.498. The summed E-state index contributed by atoms with van der Waals surface area (Å²) >= 11 is 0. The quantitative estimate of drug-likeness (QED) is 0.581. The van der Waals surface area contributed by atoms with Crippen LogP contribution in [0.1, 0.15) is 38.5 Å². The van der Waals surface area contributed by atoms with Gasteiger partial charge in [0.2, 0.25) is 0 Å². The maximum atomic E-state index is 5.84. The van der Waals surface area contributed by atoms with E-state index in [1.165, 1.54) is 32.1 Å². The van der Waals surface area contributed by atoms with Crippen molar-refractivity contribution in [2.45, 2.75) is 50.4 Å². The Labute approximate surface area is 72.9 Å². The first-order chi connectivity index (χ1) is 5.33. The summed E-state index contributed by atoms with van der Waals surface area (Å²) in [5, 5.41) is 0. The molecule has 1 nitrogen and oxygen atoms in total.